The fourth-order valence-electron chi connectivity index (χ4n) is 8.57. The molecule has 0 bridgehead atoms. The molecular weight excluding hydrogens is 703 g/mol. The fourth-order valence-corrected chi connectivity index (χ4v) is 8.57. The average molecular weight is 740 g/mol. The Hall–Kier alpha value is -7.93. The van der Waals surface area contributed by atoms with Crippen molar-refractivity contribution in [1.29, 1.82) is 5.26 Å². The highest BCUT2D eigenvalue weighted by atomic mass is 15.1. The summed E-state index contributed by atoms with van der Waals surface area (Å²) in [5.74, 6) is 0. The van der Waals surface area contributed by atoms with Gasteiger partial charge in [0.05, 0.1) is 22.3 Å². The van der Waals surface area contributed by atoms with Crippen LogP contribution >= 0.6 is 0 Å². The van der Waals surface area contributed by atoms with Crippen LogP contribution in [-0.2, 0) is 0 Å². The molecule has 1 aromatic heterocycles. The zero-order valence-electron chi connectivity index (χ0n) is 31.7. The van der Waals surface area contributed by atoms with Gasteiger partial charge >= 0.3 is 0 Å². The number of fused-ring (bicyclic) bond motifs is 3. The van der Waals surface area contributed by atoms with E-state index in [9.17, 15) is 5.26 Å². The van der Waals surface area contributed by atoms with Crippen molar-refractivity contribution in [1.82, 2.24) is 4.57 Å². The van der Waals surface area contributed by atoms with E-state index in [-0.39, 0.29) is 0 Å². The van der Waals surface area contributed by atoms with Crippen molar-refractivity contribution in [2.24, 2.45) is 0 Å². The highest BCUT2D eigenvalue weighted by molar-refractivity contribution is 6.14. The Labute approximate surface area is 338 Å². The monoisotopic (exact) mass is 739 g/mol. The van der Waals surface area contributed by atoms with Crippen molar-refractivity contribution >= 4 is 38.9 Å². The van der Waals surface area contributed by atoms with Crippen molar-refractivity contribution in [3.63, 3.8) is 0 Å². The second-order valence-corrected chi connectivity index (χ2v) is 14.4. The third-order valence-electron chi connectivity index (χ3n) is 11.0. The van der Waals surface area contributed by atoms with Crippen LogP contribution in [0.25, 0.3) is 72.0 Å². The van der Waals surface area contributed by atoms with Crippen molar-refractivity contribution < 1.29 is 0 Å². The molecule has 58 heavy (non-hydrogen) atoms. The first-order valence-corrected chi connectivity index (χ1v) is 19.6. The lowest BCUT2D eigenvalue weighted by Crippen LogP contribution is -2.09. The Morgan fingerprint density at radius 3 is 1.17 bits per heavy atom. The predicted molar refractivity (Wildman–Crippen MR) is 242 cm³/mol. The molecule has 0 N–H and O–H groups in total. The van der Waals surface area contributed by atoms with E-state index >= 15 is 0 Å². The maximum atomic E-state index is 11.4. The van der Waals surface area contributed by atoms with Gasteiger partial charge in [0, 0.05) is 50.1 Å². The predicted octanol–water partition coefficient (Wildman–Crippen LogP) is 14.8. The number of hydrogen-bond acceptors (Lipinski definition) is 2. The molecule has 3 nitrogen and oxygen atoms in total. The molecule has 0 amide bonds. The number of anilines is 3. The molecule has 0 atom stereocenters. The summed E-state index contributed by atoms with van der Waals surface area (Å²) in [5.41, 5.74) is 14.9. The van der Waals surface area contributed by atoms with Gasteiger partial charge in [0.2, 0.25) is 0 Å². The molecule has 10 aromatic rings. The van der Waals surface area contributed by atoms with Gasteiger partial charge in [-0.05, 0) is 70.8 Å². The van der Waals surface area contributed by atoms with Crippen LogP contribution in [0, 0.1) is 11.3 Å². The van der Waals surface area contributed by atoms with Crippen LogP contribution in [0.3, 0.4) is 0 Å². The molecule has 0 aliphatic heterocycles. The van der Waals surface area contributed by atoms with Crippen LogP contribution < -0.4 is 4.90 Å². The van der Waals surface area contributed by atoms with Gasteiger partial charge in [-0.15, -0.1) is 0 Å². The Balaban J connectivity index is 1.40. The average Bonchev–Trinajstić information content (AvgIpc) is 3.63. The molecule has 0 radical (unpaired) electrons. The summed E-state index contributed by atoms with van der Waals surface area (Å²) >= 11 is 0. The number of hydrogen-bond donors (Lipinski definition) is 0. The smallest absolute Gasteiger partial charge is 0.100 e. The van der Waals surface area contributed by atoms with Crippen LogP contribution in [0.4, 0.5) is 17.1 Å². The first-order valence-electron chi connectivity index (χ1n) is 19.6. The Morgan fingerprint density at radius 1 is 0.345 bits per heavy atom. The molecule has 10 rings (SSSR count). The van der Waals surface area contributed by atoms with Gasteiger partial charge in [-0.3, -0.25) is 0 Å². The van der Waals surface area contributed by atoms with E-state index in [1.54, 1.807) is 0 Å². The molecule has 0 unspecified atom stereocenters. The zero-order chi connectivity index (χ0) is 38.8. The van der Waals surface area contributed by atoms with E-state index in [4.69, 9.17) is 0 Å². The quantitative estimate of drug-likeness (QED) is 0.155. The molecule has 1 heterocycles. The molecule has 0 aliphatic carbocycles. The van der Waals surface area contributed by atoms with E-state index in [0.717, 1.165) is 89.1 Å². The molecule has 0 spiro atoms. The van der Waals surface area contributed by atoms with Crippen LogP contribution in [-0.4, -0.2) is 4.57 Å². The second-order valence-electron chi connectivity index (χ2n) is 14.4. The Morgan fingerprint density at radius 2 is 0.724 bits per heavy atom. The van der Waals surface area contributed by atoms with E-state index in [1.807, 2.05) is 12.1 Å². The van der Waals surface area contributed by atoms with Gasteiger partial charge < -0.3 is 9.47 Å². The van der Waals surface area contributed by atoms with Gasteiger partial charge in [-0.2, -0.15) is 5.26 Å². The summed E-state index contributed by atoms with van der Waals surface area (Å²) in [6, 6.07) is 81.4. The van der Waals surface area contributed by atoms with Crippen molar-refractivity contribution in [3.05, 3.63) is 230 Å². The molecule has 0 saturated carbocycles. The van der Waals surface area contributed by atoms with E-state index in [1.165, 1.54) is 0 Å². The van der Waals surface area contributed by atoms with Crippen LogP contribution in [0.15, 0.2) is 224 Å². The lowest BCUT2D eigenvalue weighted by atomic mass is 9.79. The van der Waals surface area contributed by atoms with Crippen LogP contribution in [0.1, 0.15) is 5.56 Å². The van der Waals surface area contributed by atoms with Gasteiger partial charge in [0.1, 0.15) is 6.07 Å². The fraction of sp³-hybridized carbons (Fsp3) is 0. The van der Waals surface area contributed by atoms with Gasteiger partial charge in [-0.25, -0.2) is 0 Å². The molecule has 9 aromatic carbocycles. The lowest BCUT2D eigenvalue weighted by molar-refractivity contribution is 1.18. The molecule has 3 heteroatoms. The molecular formula is C55H37N3. The number of benzene rings is 9. The van der Waals surface area contributed by atoms with Gasteiger partial charge in [0.15, 0.2) is 0 Å². The minimum Gasteiger partial charge on any atom is -0.310 e. The summed E-state index contributed by atoms with van der Waals surface area (Å²) in [6.45, 7) is 0. The zero-order valence-corrected chi connectivity index (χ0v) is 31.7. The minimum absolute atomic E-state index is 0.642. The summed E-state index contributed by atoms with van der Waals surface area (Å²) in [5, 5.41) is 13.7. The summed E-state index contributed by atoms with van der Waals surface area (Å²) < 4.78 is 2.45. The van der Waals surface area contributed by atoms with E-state index in [2.05, 4.69) is 228 Å². The highest BCUT2D eigenvalue weighted by Crippen LogP contribution is 2.52. The first kappa shape index (κ1) is 34.6. The number of aromatic nitrogens is 1. The topological polar surface area (TPSA) is 32.0 Å². The maximum Gasteiger partial charge on any atom is 0.100 e. The number of rotatable bonds is 8. The molecule has 0 fully saturated rings. The molecule has 272 valence electrons. The maximum absolute atomic E-state index is 11.4. The van der Waals surface area contributed by atoms with Gasteiger partial charge in [0.25, 0.3) is 0 Å². The molecule has 0 saturated heterocycles. The number of para-hydroxylation sites is 3. The number of nitriles is 1. The third kappa shape index (κ3) is 5.93. The standard InChI is InChI=1S/C55H37N3/c56-38-48-51(39-21-7-1-8-22-39)53(41-25-11-3-12-26-41)55(54(42-27-13-4-14-28-42)52(48)40-23-9-2-10-24-40)58-49-34-20-19-33-46(49)47-37-45(35-36-50(47)58)57(43-29-15-5-16-30-43)44-31-17-6-18-32-44/h1-37H. The van der Waals surface area contributed by atoms with E-state index in [0.29, 0.717) is 5.56 Å². The first-order chi connectivity index (χ1) is 28.8. The third-order valence-corrected chi connectivity index (χ3v) is 11.0. The van der Waals surface area contributed by atoms with Crippen LogP contribution in [0.5, 0.6) is 0 Å². The highest BCUT2D eigenvalue weighted by Gasteiger charge is 2.30. The Bertz CT molecular complexity index is 2930. The molecule has 0 aliphatic rings. The SMILES string of the molecule is N#Cc1c(-c2ccccc2)c(-c2ccccc2)c(-n2c3ccccc3c3cc(N(c4ccccc4)c4ccccc4)ccc32)c(-c2ccccc2)c1-c1ccccc1. The van der Waals surface area contributed by atoms with Gasteiger partial charge in [-0.1, -0.05) is 176 Å². The van der Waals surface area contributed by atoms with Crippen LogP contribution in [0.2, 0.25) is 0 Å². The van der Waals surface area contributed by atoms with E-state index < -0.39 is 0 Å². The summed E-state index contributed by atoms with van der Waals surface area (Å²) in [6.07, 6.45) is 0. The van der Waals surface area contributed by atoms with Crippen molar-refractivity contribution in [2.75, 3.05) is 4.90 Å². The van der Waals surface area contributed by atoms with Crippen molar-refractivity contribution in [2.45, 2.75) is 0 Å². The normalized spacial score (nSPS) is 11.1. The number of nitrogens with zero attached hydrogens (tertiary/aromatic N) is 3. The largest absolute Gasteiger partial charge is 0.310 e. The summed E-state index contributed by atoms with van der Waals surface area (Å²) in [7, 11) is 0. The summed E-state index contributed by atoms with van der Waals surface area (Å²) in [4.78, 5) is 2.32. The van der Waals surface area contributed by atoms with Crippen molar-refractivity contribution in [3.8, 4) is 56.3 Å². The lowest BCUT2D eigenvalue weighted by Gasteiger charge is -2.27. The minimum atomic E-state index is 0.642. The Kier molecular flexibility index (Phi) is 8.91. The second kappa shape index (κ2) is 15.0.